The Morgan fingerprint density at radius 1 is 1.17 bits per heavy atom. The van der Waals surface area contributed by atoms with Crippen LogP contribution in [0.15, 0.2) is 53.1 Å². The van der Waals surface area contributed by atoms with E-state index in [0.717, 1.165) is 11.3 Å². The molecular formula is C22H20N4O3S. The molecule has 0 N–H and O–H groups in total. The van der Waals surface area contributed by atoms with Crippen molar-refractivity contribution >= 4 is 29.0 Å². The number of nitro benzene ring substituents is 1. The van der Waals surface area contributed by atoms with Crippen molar-refractivity contribution < 1.29 is 9.72 Å². The van der Waals surface area contributed by atoms with Crippen LogP contribution in [0.1, 0.15) is 29.0 Å². The molecule has 0 saturated carbocycles. The van der Waals surface area contributed by atoms with E-state index >= 15 is 0 Å². The normalized spacial score (nSPS) is 18.8. The molecule has 2 heterocycles. The highest BCUT2D eigenvalue weighted by Crippen LogP contribution is 2.43. The van der Waals surface area contributed by atoms with Gasteiger partial charge in [-0.05, 0) is 42.7 Å². The lowest BCUT2D eigenvalue weighted by molar-refractivity contribution is -0.384. The number of non-ortho nitro benzene ring substituents is 1. The Labute approximate surface area is 178 Å². The number of nitriles is 1. The first-order valence-corrected chi connectivity index (χ1v) is 10.5. The molecule has 1 saturated heterocycles. The van der Waals surface area contributed by atoms with Gasteiger partial charge < -0.3 is 4.90 Å². The summed E-state index contributed by atoms with van der Waals surface area (Å²) in [6, 6.07) is 14.6. The molecule has 0 aliphatic carbocycles. The predicted molar refractivity (Wildman–Crippen MR) is 116 cm³/mol. The number of rotatable bonds is 3. The molecule has 1 fully saturated rings. The monoisotopic (exact) mass is 420 g/mol. The lowest BCUT2D eigenvalue weighted by Gasteiger charge is -2.42. The first-order valence-electron chi connectivity index (χ1n) is 9.53. The fourth-order valence-corrected chi connectivity index (χ4v) is 4.93. The minimum atomic E-state index is -0.459. The third kappa shape index (κ3) is 3.53. The Kier molecular flexibility index (Phi) is 5.22. The fourth-order valence-electron chi connectivity index (χ4n) is 3.76. The summed E-state index contributed by atoms with van der Waals surface area (Å²) in [5.41, 5.74) is 4.75. The highest BCUT2D eigenvalue weighted by atomic mass is 32.2. The Morgan fingerprint density at radius 3 is 2.53 bits per heavy atom. The minimum Gasteiger partial charge on any atom is -0.344 e. The number of thioether (sulfide) groups is 1. The highest BCUT2D eigenvalue weighted by Gasteiger charge is 2.38. The van der Waals surface area contributed by atoms with E-state index in [9.17, 15) is 20.2 Å². The zero-order valence-electron chi connectivity index (χ0n) is 16.7. The average molecular weight is 420 g/mol. The van der Waals surface area contributed by atoms with Crippen LogP contribution in [0.25, 0.3) is 0 Å². The third-order valence-corrected chi connectivity index (χ3v) is 6.81. The quantitative estimate of drug-likeness (QED) is 0.539. The Balaban J connectivity index is 1.64. The summed E-state index contributed by atoms with van der Waals surface area (Å²) in [5, 5.41) is 21.5. The van der Waals surface area contributed by atoms with Gasteiger partial charge in [0.05, 0.1) is 34.1 Å². The molecule has 30 heavy (non-hydrogen) atoms. The van der Waals surface area contributed by atoms with E-state index in [2.05, 4.69) is 43.0 Å². The topological polar surface area (TPSA) is 90.5 Å². The first kappa shape index (κ1) is 20.0. The zero-order valence-corrected chi connectivity index (χ0v) is 17.5. The molecule has 8 heteroatoms. The number of carbonyl (C=O) groups excluding carboxylic acids is 1. The highest BCUT2D eigenvalue weighted by molar-refractivity contribution is 8.03. The summed E-state index contributed by atoms with van der Waals surface area (Å²) in [5.74, 6) is 0.211. The molecular weight excluding hydrogens is 400 g/mol. The fraction of sp³-hybridized carbons (Fsp3) is 0.273. The third-order valence-electron chi connectivity index (χ3n) is 5.66. The number of aryl methyl sites for hydroxylation is 2. The van der Waals surface area contributed by atoms with Crippen molar-refractivity contribution in [3.05, 3.63) is 79.9 Å². The van der Waals surface area contributed by atoms with Crippen molar-refractivity contribution in [3.8, 4) is 6.07 Å². The van der Waals surface area contributed by atoms with Gasteiger partial charge in [-0.15, -0.1) is 0 Å². The second-order valence-electron chi connectivity index (χ2n) is 7.48. The standard InChI is InChI=1S/C22H20N4O3S/c1-14-3-6-18(9-15(14)2)24-12-25-21(27)10-19(20(11-23)22(25)30-13-24)16-4-7-17(8-5-16)26(28)29/h3-9,19H,10,12-13H2,1-2H3/t19-/m1/s1. The minimum absolute atomic E-state index is 0.00949. The molecule has 0 radical (unpaired) electrons. The number of allylic oxidation sites excluding steroid dienone is 1. The van der Waals surface area contributed by atoms with Gasteiger partial charge in [-0.2, -0.15) is 5.26 Å². The number of nitrogens with zero attached hydrogens (tertiary/aromatic N) is 4. The molecule has 1 atom stereocenters. The molecule has 0 bridgehead atoms. The zero-order chi connectivity index (χ0) is 21.4. The maximum atomic E-state index is 13.0. The Bertz CT molecular complexity index is 1100. The van der Waals surface area contributed by atoms with E-state index in [-0.39, 0.29) is 23.9 Å². The molecule has 4 rings (SSSR count). The van der Waals surface area contributed by atoms with Gasteiger partial charge in [0.15, 0.2) is 0 Å². The summed E-state index contributed by atoms with van der Waals surface area (Å²) < 4.78 is 0. The van der Waals surface area contributed by atoms with Gasteiger partial charge in [0, 0.05) is 30.2 Å². The number of hydrogen-bond donors (Lipinski definition) is 0. The van der Waals surface area contributed by atoms with Crippen molar-refractivity contribution in [2.24, 2.45) is 0 Å². The summed E-state index contributed by atoms with van der Waals surface area (Å²) in [4.78, 5) is 27.2. The number of fused-ring (bicyclic) bond motifs is 1. The van der Waals surface area contributed by atoms with Crippen LogP contribution in [-0.4, -0.2) is 28.3 Å². The lowest BCUT2D eigenvalue weighted by atomic mass is 9.86. The second kappa shape index (κ2) is 7.84. The van der Waals surface area contributed by atoms with Crippen LogP contribution in [0.3, 0.4) is 0 Å². The Morgan fingerprint density at radius 2 is 1.90 bits per heavy atom. The van der Waals surface area contributed by atoms with E-state index in [1.807, 2.05) is 0 Å². The molecule has 2 aliphatic rings. The Hall–Kier alpha value is -3.31. The van der Waals surface area contributed by atoms with Crippen LogP contribution in [-0.2, 0) is 4.79 Å². The maximum absolute atomic E-state index is 13.0. The molecule has 152 valence electrons. The average Bonchev–Trinajstić information content (AvgIpc) is 2.75. The van der Waals surface area contributed by atoms with E-state index in [1.165, 1.54) is 35.0 Å². The number of hydrogen-bond acceptors (Lipinski definition) is 6. The van der Waals surface area contributed by atoms with Crippen molar-refractivity contribution in [2.45, 2.75) is 26.2 Å². The predicted octanol–water partition coefficient (Wildman–Crippen LogP) is 4.43. The summed E-state index contributed by atoms with van der Waals surface area (Å²) in [6.07, 6.45) is 0.172. The van der Waals surface area contributed by atoms with Crippen LogP contribution < -0.4 is 4.90 Å². The maximum Gasteiger partial charge on any atom is 0.269 e. The van der Waals surface area contributed by atoms with Gasteiger partial charge in [-0.25, -0.2) is 0 Å². The second-order valence-corrected chi connectivity index (χ2v) is 8.41. The van der Waals surface area contributed by atoms with E-state index in [0.29, 0.717) is 23.1 Å². The largest absolute Gasteiger partial charge is 0.344 e. The van der Waals surface area contributed by atoms with Crippen molar-refractivity contribution in [1.29, 1.82) is 5.26 Å². The van der Waals surface area contributed by atoms with E-state index in [4.69, 9.17) is 0 Å². The number of benzene rings is 2. The van der Waals surface area contributed by atoms with Crippen LogP contribution in [0.5, 0.6) is 0 Å². The molecule has 0 unspecified atom stereocenters. The molecule has 1 amide bonds. The number of anilines is 1. The summed E-state index contributed by atoms with van der Waals surface area (Å²) >= 11 is 1.48. The van der Waals surface area contributed by atoms with Crippen LogP contribution in [0.4, 0.5) is 11.4 Å². The van der Waals surface area contributed by atoms with Crippen LogP contribution in [0.2, 0.25) is 0 Å². The number of carbonyl (C=O) groups is 1. The SMILES string of the molecule is Cc1ccc(N2CSC3=C(C#N)[C@@H](c4ccc([N+](=O)[O-])cc4)CC(=O)N3C2)cc1C. The van der Waals surface area contributed by atoms with Crippen LogP contribution in [0, 0.1) is 35.3 Å². The van der Waals surface area contributed by atoms with E-state index in [1.54, 1.807) is 17.0 Å². The molecule has 0 spiro atoms. The van der Waals surface area contributed by atoms with Gasteiger partial charge in [0.1, 0.15) is 0 Å². The molecule has 0 aromatic heterocycles. The summed E-state index contributed by atoms with van der Waals surface area (Å²) in [6.45, 7) is 4.54. The van der Waals surface area contributed by atoms with Crippen molar-refractivity contribution in [3.63, 3.8) is 0 Å². The molecule has 2 aromatic rings. The smallest absolute Gasteiger partial charge is 0.269 e. The van der Waals surface area contributed by atoms with Gasteiger partial charge >= 0.3 is 0 Å². The van der Waals surface area contributed by atoms with E-state index < -0.39 is 4.92 Å². The lowest BCUT2D eigenvalue weighted by Crippen LogP contribution is -2.47. The van der Waals surface area contributed by atoms with Crippen LogP contribution >= 0.6 is 11.8 Å². The van der Waals surface area contributed by atoms with Gasteiger partial charge in [-0.3, -0.25) is 19.8 Å². The summed E-state index contributed by atoms with van der Waals surface area (Å²) in [7, 11) is 0. The molecule has 2 aliphatic heterocycles. The van der Waals surface area contributed by atoms with Gasteiger partial charge in [-0.1, -0.05) is 30.0 Å². The van der Waals surface area contributed by atoms with Crippen molar-refractivity contribution in [2.75, 3.05) is 17.4 Å². The van der Waals surface area contributed by atoms with Gasteiger partial charge in [0.2, 0.25) is 5.91 Å². The number of nitro groups is 1. The molecule has 2 aromatic carbocycles. The van der Waals surface area contributed by atoms with Crippen molar-refractivity contribution in [1.82, 2.24) is 4.90 Å². The molecule has 7 nitrogen and oxygen atoms in total. The first-order chi connectivity index (χ1) is 14.4. The number of amides is 1. The van der Waals surface area contributed by atoms with Gasteiger partial charge in [0.25, 0.3) is 5.69 Å².